The third kappa shape index (κ3) is 6.48. The van der Waals surface area contributed by atoms with Crippen molar-refractivity contribution in [3.8, 4) is 0 Å². The van der Waals surface area contributed by atoms with Gasteiger partial charge < -0.3 is 4.74 Å². The van der Waals surface area contributed by atoms with Crippen LogP contribution in [0.2, 0.25) is 5.02 Å². The summed E-state index contributed by atoms with van der Waals surface area (Å²) >= 11 is 6.09. The average molecular weight is 517 g/mol. The number of benzene rings is 3. The van der Waals surface area contributed by atoms with Gasteiger partial charge in [0.15, 0.2) is 0 Å². The number of piperazine rings is 1. The number of hydrogen-bond acceptors (Lipinski definition) is 4. The highest BCUT2D eigenvalue weighted by atomic mass is 35.5. The number of halogens is 2. The molecule has 0 saturated carbocycles. The Hall–Kier alpha value is -2.29. The Morgan fingerprint density at radius 1 is 0.943 bits per heavy atom. The molecule has 4 rings (SSSR count). The largest absolute Gasteiger partial charge is 0.368 e. The second-order valence-electron chi connectivity index (χ2n) is 8.98. The van der Waals surface area contributed by atoms with Gasteiger partial charge in [-0.15, -0.1) is 0 Å². The molecule has 35 heavy (non-hydrogen) atoms. The molecule has 1 heterocycles. The molecule has 0 bridgehead atoms. The van der Waals surface area contributed by atoms with E-state index in [2.05, 4.69) is 24.0 Å². The zero-order chi connectivity index (χ0) is 25.0. The van der Waals surface area contributed by atoms with Crippen molar-refractivity contribution < 1.29 is 17.5 Å². The number of ether oxygens (including phenoxy) is 1. The van der Waals surface area contributed by atoms with Crippen molar-refractivity contribution in [3.63, 3.8) is 0 Å². The Kier molecular flexibility index (Phi) is 8.24. The monoisotopic (exact) mass is 516 g/mol. The van der Waals surface area contributed by atoms with Crippen molar-refractivity contribution in [2.24, 2.45) is 0 Å². The SMILES string of the molecule is Cc1cccc(CO[C@@H](CN2CCN(S(=O)(=O)c3cc(C)ccc3F)CC2)c2ccc(Cl)cc2)c1. The molecule has 0 N–H and O–H groups in total. The van der Waals surface area contributed by atoms with Crippen molar-refractivity contribution in [3.05, 3.63) is 99.8 Å². The van der Waals surface area contributed by atoms with Crippen LogP contribution in [0.3, 0.4) is 0 Å². The lowest BCUT2D eigenvalue weighted by Crippen LogP contribution is -2.49. The maximum absolute atomic E-state index is 14.3. The Bertz CT molecular complexity index is 1260. The fourth-order valence-electron chi connectivity index (χ4n) is 4.26. The molecule has 3 aromatic rings. The van der Waals surface area contributed by atoms with Gasteiger partial charge in [-0.2, -0.15) is 4.31 Å². The van der Waals surface area contributed by atoms with E-state index in [1.54, 1.807) is 13.0 Å². The van der Waals surface area contributed by atoms with Crippen molar-refractivity contribution in [2.75, 3.05) is 32.7 Å². The smallest absolute Gasteiger partial charge is 0.246 e. The molecule has 0 amide bonds. The van der Waals surface area contributed by atoms with Crippen LogP contribution in [0, 0.1) is 19.7 Å². The minimum absolute atomic E-state index is 0.204. The highest BCUT2D eigenvalue weighted by Crippen LogP contribution is 2.25. The lowest BCUT2D eigenvalue weighted by Gasteiger charge is -2.36. The number of aryl methyl sites for hydroxylation is 2. The Balaban J connectivity index is 1.43. The highest BCUT2D eigenvalue weighted by Gasteiger charge is 2.31. The molecule has 1 atom stereocenters. The van der Waals surface area contributed by atoms with E-state index in [4.69, 9.17) is 16.3 Å². The van der Waals surface area contributed by atoms with Crippen LogP contribution in [0.25, 0.3) is 0 Å². The number of sulfonamides is 1. The van der Waals surface area contributed by atoms with Crippen LogP contribution in [-0.2, 0) is 21.4 Å². The summed E-state index contributed by atoms with van der Waals surface area (Å²) in [6.07, 6.45) is -0.204. The molecule has 1 aliphatic rings. The van der Waals surface area contributed by atoms with Gasteiger partial charge in [0.1, 0.15) is 10.7 Å². The molecule has 5 nitrogen and oxygen atoms in total. The second kappa shape index (κ2) is 11.2. The topological polar surface area (TPSA) is 49.9 Å². The molecule has 0 unspecified atom stereocenters. The number of hydrogen-bond donors (Lipinski definition) is 0. The summed E-state index contributed by atoms with van der Waals surface area (Å²) in [4.78, 5) is 1.93. The summed E-state index contributed by atoms with van der Waals surface area (Å²) < 4.78 is 48.1. The first-order valence-corrected chi connectivity index (χ1v) is 13.5. The number of rotatable bonds is 8. The van der Waals surface area contributed by atoms with Crippen LogP contribution in [-0.4, -0.2) is 50.3 Å². The van der Waals surface area contributed by atoms with Crippen LogP contribution in [0.4, 0.5) is 4.39 Å². The first kappa shape index (κ1) is 25.8. The lowest BCUT2D eigenvalue weighted by atomic mass is 10.1. The molecule has 8 heteroatoms. The maximum Gasteiger partial charge on any atom is 0.246 e. The summed E-state index contributed by atoms with van der Waals surface area (Å²) in [6.45, 7) is 6.54. The molecule has 0 spiro atoms. The highest BCUT2D eigenvalue weighted by molar-refractivity contribution is 7.89. The van der Waals surface area contributed by atoms with E-state index in [1.165, 1.54) is 22.0 Å². The molecular formula is C27H30ClFN2O3S. The van der Waals surface area contributed by atoms with E-state index in [0.717, 1.165) is 11.1 Å². The van der Waals surface area contributed by atoms with E-state index >= 15 is 0 Å². The molecule has 0 radical (unpaired) electrons. The number of nitrogens with zero attached hydrogens (tertiary/aromatic N) is 2. The van der Waals surface area contributed by atoms with Crippen molar-refractivity contribution in [1.29, 1.82) is 0 Å². The summed E-state index contributed by atoms with van der Waals surface area (Å²) in [6, 6.07) is 20.0. The zero-order valence-electron chi connectivity index (χ0n) is 20.0. The Morgan fingerprint density at radius 2 is 1.63 bits per heavy atom. The van der Waals surface area contributed by atoms with E-state index in [9.17, 15) is 12.8 Å². The normalized spacial score (nSPS) is 16.3. The van der Waals surface area contributed by atoms with E-state index in [1.807, 2.05) is 36.4 Å². The van der Waals surface area contributed by atoms with Gasteiger partial charge in [0.05, 0.1) is 12.7 Å². The van der Waals surface area contributed by atoms with Crippen LogP contribution >= 0.6 is 11.6 Å². The minimum atomic E-state index is -3.89. The van der Waals surface area contributed by atoms with Crippen LogP contribution in [0.1, 0.15) is 28.4 Å². The molecular weight excluding hydrogens is 487 g/mol. The quantitative estimate of drug-likeness (QED) is 0.404. The third-order valence-corrected chi connectivity index (χ3v) is 8.40. The van der Waals surface area contributed by atoms with Gasteiger partial charge in [0, 0.05) is 37.7 Å². The molecule has 3 aromatic carbocycles. The van der Waals surface area contributed by atoms with E-state index in [-0.39, 0.29) is 11.0 Å². The van der Waals surface area contributed by atoms with Gasteiger partial charge in [-0.05, 0) is 54.8 Å². The summed E-state index contributed by atoms with van der Waals surface area (Å²) in [5.74, 6) is -0.717. The van der Waals surface area contributed by atoms with Gasteiger partial charge in [0.2, 0.25) is 10.0 Å². The summed E-state index contributed by atoms with van der Waals surface area (Å²) in [7, 11) is -3.89. The van der Waals surface area contributed by atoms with Gasteiger partial charge in [-0.1, -0.05) is 59.6 Å². The summed E-state index contributed by atoms with van der Waals surface area (Å²) in [5.41, 5.74) is 4.00. The zero-order valence-corrected chi connectivity index (χ0v) is 21.5. The van der Waals surface area contributed by atoms with Crippen molar-refractivity contribution in [1.82, 2.24) is 9.21 Å². The van der Waals surface area contributed by atoms with Crippen LogP contribution in [0.5, 0.6) is 0 Å². The molecule has 1 fully saturated rings. The first-order valence-electron chi connectivity index (χ1n) is 11.6. The standard InChI is InChI=1S/C27H30ClFN2O3S/c1-20-4-3-5-22(16-20)19-34-26(23-7-9-24(28)10-8-23)18-30-12-14-31(15-13-30)35(32,33)27-17-21(2)6-11-25(27)29/h3-11,16-17,26H,12-15,18-19H2,1-2H3/t26-/m0/s1. The molecule has 186 valence electrons. The fourth-order valence-corrected chi connectivity index (χ4v) is 5.96. The van der Waals surface area contributed by atoms with Crippen LogP contribution < -0.4 is 0 Å². The lowest BCUT2D eigenvalue weighted by molar-refractivity contribution is 0.00770. The van der Waals surface area contributed by atoms with E-state index in [0.29, 0.717) is 49.9 Å². The molecule has 0 aliphatic carbocycles. The maximum atomic E-state index is 14.3. The first-order chi connectivity index (χ1) is 16.7. The second-order valence-corrected chi connectivity index (χ2v) is 11.3. The Morgan fingerprint density at radius 3 is 2.31 bits per heavy atom. The molecule has 1 saturated heterocycles. The van der Waals surface area contributed by atoms with E-state index < -0.39 is 15.8 Å². The van der Waals surface area contributed by atoms with Gasteiger partial charge >= 0.3 is 0 Å². The van der Waals surface area contributed by atoms with Gasteiger partial charge in [-0.25, -0.2) is 12.8 Å². The fraction of sp³-hybridized carbons (Fsp3) is 0.333. The van der Waals surface area contributed by atoms with Gasteiger partial charge in [-0.3, -0.25) is 4.90 Å². The average Bonchev–Trinajstić information content (AvgIpc) is 2.84. The predicted octanol–water partition coefficient (Wildman–Crippen LogP) is 5.36. The van der Waals surface area contributed by atoms with Crippen molar-refractivity contribution >= 4 is 21.6 Å². The summed E-state index contributed by atoms with van der Waals surface area (Å²) in [5, 5.41) is 0.661. The van der Waals surface area contributed by atoms with Crippen molar-refractivity contribution in [2.45, 2.75) is 31.5 Å². The molecule has 0 aromatic heterocycles. The molecule has 1 aliphatic heterocycles. The van der Waals surface area contributed by atoms with Crippen LogP contribution in [0.15, 0.2) is 71.6 Å². The third-order valence-electron chi connectivity index (χ3n) is 6.24. The predicted molar refractivity (Wildman–Crippen MR) is 136 cm³/mol. The minimum Gasteiger partial charge on any atom is -0.368 e. The Labute approximate surface area is 212 Å². The van der Waals surface area contributed by atoms with Gasteiger partial charge in [0.25, 0.3) is 0 Å².